The lowest BCUT2D eigenvalue weighted by molar-refractivity contribution is -0.129. The average molecular weight is 434 g/mol. The minimum atomic E-state index is -0.656. The van der Waals surface area contributed by atoms with E-state index in [1.807, 2.05) is 25.9 Å². The van der Waals surface area contributed by atoms with E-state index in [1.165, 1.54) is 11.3 Å². The number of hydrogen-bond acceptors (Lipinski definition) is 6. The van der Waals surface area contributed by atoms with Gasteiger partial charge in [-0.25, -0.2) is 4.98 Å². The molecule has 154 valence electrons. The first-order valence-corrected chi connectivity index (χ1v) is 10.5. The van der Waals surface area contributed by atoms with Gasteiger partial charge in [0.05, 0.1) is 27.2 Å². The van der Waals surface area contributed by atoms with Crippen LogP contribution in [0.15, 0.2) is 35.6 Å². The molecule has 0 bridgehead atoms. The lowest BCUT2D eigenvalue weighted by Crippen LogP contribution is -2.33. The summed E-state index contributed by atoms with van der Waals surface area (Å²) in [5.74, 6) is -1.36. The molecule has 1 amide bonds. The molecule has 1 aromatic heterocycles. The molecule has 8 heteroatoms. The predicted octanol–water partition coefficient (Wildman–Crippen LogP) is 3.94. The molecule has 1 aromatic carbocycles. The van der Waals surface area contributed by atoms with E-state index in [1.54, 1.807) is 36.1 Å². The van der Waals surface area contributed by atoms with Crippen molar-refractivity contribution >= 4 is 34.6 Å². The topological polar surface area (TPSA) is 73.7 Å². The summed E-state index contributed by atoms with van der Waals surface area (Å²) in [6.07, 6.45) is 0.719. The van der Waals surface area contributed by atoms with Crippen LogP contribution in [0.4, 0.5) is 0 Å². The van der Waals surface area contributed by atoms with E-state index in [2.05, 4.69) is 4.98 Å². The molecule has 3 rings (SSSR count). The molecule has 1 N–H and O–H groups in total. The Morgan fingerprint density at radius 1 is 1.28 bits per heavy atom. The third-order valence-electron chi connectivity index (χ3n) is 4.85. The van der Waals surface area contributed by atoms with Gasteiger partial charge in [-0.3, -0.25) is 9.59 Å². The number of amides is 1. The maximum Gasteiger partial charge on any atom is 0.290 e. The monoisotopic (exact) mass is 433 g/mol. The number of aliphatic hydroxyl groups excluding tert-OH is 1. The first-order chi connectivity index (χ1) is 13.7. The van der Waals surface area contributed by atoms with Crippen molar-refractivity contribution in [1.29, 1.82) is 0 Å². The second kappa shape index (κ2) is 8.65. The van der Waals surface area contributed by atoms with Crippen molar-refractivity contribution in [2.45, 2.75) is 26.3 Å². The number of carbonyl (C=O) groups is 2. The number of carbonyl (C=O) groups excluding carboxylic acids is 2. The van der Waals surface area contributed by atoms with Crippen LogP contribution < -0.4 is 0 Å². The highest BCUT2D eigenvalue weighted by Gasteiger charge is 2.44. The van der Waals surface area contributed by atoms with Gasteiger partial charge in [0.25, 0.3) is 5.91 Å². The molecule has 1 unspecified atom stereocenters. The van der Waals surface area contributed by atoms with Crippen molar-refractivity contribution in [2.24, 2.45) is 0 Å². The summed E-state index contributed by atoms with van der Waals surface area (Å²) >= 11 is 7.30. The Kier molecular flexibility index (Phi) is 6.41. The summed E-state index contributed by atoms with van der Waals surface area (Å²) in [6, 6.07) is 6.36. The lowest BCUT2D eigenvalue weighted by atomic mass is 9.95. The maximum atomic E-state index is 13.4. The van der Waals surface area contributed by atoms with Crippen molar-refractivity contribution in [1.82, 2.24) is 14.8 Å². The summed E-state index contributed by atoms with van der Waals surface area (Å²) in [4.78, 5) is 34.6. The molecule has 0 saturated heterocycles. The number of halogens is 1. The molecular weight excluding hydrogens is 410 g/mol. The number of thiazole rings is 1. The van der Waals surface area contributed by atoms with E-state index in [0.717, 1.165) is 23.5 Å². The second-order valence-corrected chi connectivity index (χ2v) is 8.99. The number of Topliss-reactive ketones (excluding diaryl/α,β-unsaturated/α-hetero) is 1. The number of hydrogen-bond donors (Lipinski definition) is 1. The third kappa shape index (κ3) is 4.37. The third-order valence-corrected chi connectivity index (χ3v) is 6.17. The highest BCUT2D eigenvalue weighted by molar-refractivity contribution is 7.14. The molecule has 2 heterocycles. The standard InChI is InChI=1S/C21H24ClN3O3S/c1-12-20(29-13(2)23-12)18(26)16-17(14-6-8-15(22)9-7-14)25(21(28)19(16)27)11-5-10-24(3)4/h6-9,17,27H,5,10-11H2,1-4H3. The van der Waals surface area contributed by atoms with Gasteiger partial charge in [-0.15, -0.1) is 11.3 Å². The van der Waals surface area contributed by atoms with Crippen LogP contribution in [-0.2, 0) is 4.79 Å². The number of rotatable bonds is 7. The molecule has 29 heavy (non-hydrogen) atoms. The van der Waals surface area contributed by atoms with Gasteiger partial charge in [0.15, 0.2) is 5.76 Å². The summed E-state index contributed by atoms with van der Waals surface area (Å²) < 4.78 is 0. The Bertz CT molecular complexity index is 966. The smallest absolute Gasteiger partial charge is 0.290 e. The summed E-state index contributed by atoms with van der Waals surface area (Å²) in [5, 5.41) is 12.0. The van der Waals surface area contributed by atoms with Gasteiger partial charge in [-0.2, -0.15) is 0 Å². The number of aliphatic hydroxyl groups is 1. The molecule has 0 aliphatic carbocycles. The van der Waals surface area contributed by atoms with Crippen LogP contribution in [0.3, 0.4) is 0 Å². The Labute approximate surface area is 179 Å². The minimum absolute atomic E-state index is 0.105. The van der Waals surface area contributed by atoms with Crippen LogP contribution in [0.2, 0.25) is 5.02 Å². The minimum Gasteiger partial charge on any atom is -0.503 e. The van der Waals surface area contributed by atoms with Gasteiger partial charge in [0, 0.05) is 11.6 Å². The normalized spacial score (nSPS) is 17.0. The van der Waals surface area contributed by atoms with Crippen molar-refractivity contribution in [2.75, 3.05) is 27.2 Å². The zero-order chi connectivity index (χ0) is 21.3. The van der Waals surface area contributed by atoms with Crippen LogP contribution in [0.25, 0.3) is 0 Å². The zero-order valence-corrected chi connectivity index (χ0v) is 18.5. The van der Waals surface area contributed by atoms with Gasteiger partial charge in [0.2, 0.25) is 5.78 Å². The molecule has 1 atom stereocenters. The summed E-state index contributed by atoms with van der Waals surface area (Å²) in [7, 11) is 3.92. The van der Waals surface area contributed by atoms with Gasteiger partial charge < -0.3 is 14.9 Å². The molecule has 6 nitrogen and oxygen atoms in total. The molecule has 2 aromatic rings. The molecule has 0 fully saturated rings. The van der Waals surface area contributed by atoms with Crippen LogP contribution in [-0.4, -0.2) is 58.8 Å². The molecule has 1 aliphatic rings. The average Bonchev–Trinajstić information content (AvgIpc) is 3.12. The van der Waals surface area contributed by atoms with Crippen LogP contribution in [0, 0.1) is 13.8 Å². The lowest BCUT2D eigenvalue weighted by Gasteiger charge is -2.27. The summed E-state index contributed by atoms with van der Waals surface area (Å²) in [5.41, 5.74) is 1.44. The predicted molar refractivity (Wildman–Crippen MR) is 115 cm³/mol. The van der Waals surface area contributed by atoms with Crippen molar-refractivity contribution in [3.8, 4) is 0 Å². The first-order valence-electron chi connectivity index (χ1n) is 9.33. The fourth-order valence-corrected chi connectivity index (χ4v) is 4.53. The van der Waals surface area contributed by atoms with Crippen molar-refractivity contribution in [3.05, 3.63) is 61.8 Å². The Hall–Kier alpha value is -2.22. The fourth-order valence-electron chi connectivity index (χ4n) is 3.53. The second-order valence-electron chi connectivity index (χ2n) is 7.35. The Balaban J connectivity index is 2.03. The van der Waals surface area contributed by atoms with Crippen LogP contribution in [0.5, 0.6) is 0 Å². The fraction of sp³-hybridized carbons (Fsp3) is 0.381. The number of aryl methyl sites for hydroxylation is 2. The Morgan fingerprint density at radius 3 is 2.48 bits per heavy atom. The highest BCUT2D eigenvalue weighted by Crippen LogP contribution is 2.40. The van der Waals surface area contributed by atoms with E-state index < -0.39 is 17.7 Å². The van der Waals surface area contributed by atoms with Gasteiger partial charge >= 0.3 is 0 Å². The number of aromatic nitrogens is 1. The zero-order valence-electron chi connectivity index (χ0n) is 16.9. The van der Waals surface area contributed by atoms with Crippen molar-refractivity contribution in [3.63, 3.8) is 0 Å². The molecule has 0 spiro atoms. The number of benzene rings is 1. The molecule has 0 saturated carbocycles. The van der Waals surface area contributed by atoms with Crippen molar-refractivity contribution < 1.29 is 14.7 Å². The molecular formula is C21H24ClN3O3S. The van der Waals surface area contributed by atoms with E-state index in [9.17, 15) is 14.7 Å². The van der Waals surface area contributed by atoms with E-state index in [0.29, 0.717) is 22.1 Å². The van der Waals surface area contributed by atoms with Crippen LogP contribution in [0.1, 0.15) is 38.4 Å². The van der Waals surface area contributed by atoms with E-state index >= 15 is 0 Å². The highest BCUT2D eigenvalue weighted by atomic mass is 35.5. The van der Waals surface area contributed by atoms with E-state index in [-0.39, 0.29) is 11.4 Å². The first kappa shape index (κ1) is 21.5. The largest absolute Gasteiger partial charge is 0.503 e. The van der Waals surface area contributed by atoms with Gasteiger partial charge in [0.1, 0.15) is 0 Å². The van der Waals surface area contributed by atoms with Gasteiger partial charge in [-0.05, 0) is 58.6 Å². The van der Waals surface area contributed by atoms with E-state index in [4.69, 9.17) is 11.6 Å². The number of nitrogens with zero attached hydrogens (tertiary/aromatic N) is 3. The Morgan fingerprint density at radius 2 is 1.93 bits per heavy atom. The maximum absolute atomic E-state index is 13.4. The SMILES string of the molecule is Cc1nc(C)c(C(=O)C2=C(O)C(=O)N(CCCN(C)C)C2c2ccc(Cl)cc2)s1. The quantitative estimate of drug-likeness (QED) is 0.669. The number of ketones is 1. The molecule has 1 aliphatic heterocycles. The van der Waals surface area contributed by atoms with Gasteiger partial charge in [-0.1, -0.05) is 23.7 Å². The summed E-state index contributed by atoms with van der Waals surface area (Å²) in [6.45, 7) is 4.80. The van der Waals surface area contributed by atoms with Crippen LogP contribution >= 0.6 is 22.9 Å². The molecule has 0 radical (unpaired) electrons.